The van der Waals surface area contributed by atoms with Gasteiger partial charge in [-0.25, -0.2) is 0 Å². The number of ketones is 2. The van der Waals surface area contributed by atoms with Crippen molar-refractivity contribution in [1.29, 1.82) is 0 Å². The summed E-state index contributed by atoms with van der Waals surface area (Å²) in [6, 6.07) is 25.4. The van der Waals surface area contributed by atoms with Crippen LogP contribution in [0, 0.1) is 27.7 Å². The molecule has 0 aliphatic rings. The van der Waals surface area contributed by atoms with Crippen molar-refractivity contribution in [3.63, 3.8) is 0 Å². The van der Waals surface area contributed by atoms with Gasteiger partial charge in [-0.05, 0) is 86.3 Å². The molecule has 0 radical (unpaired) electrons. The lowest BCUT2D eigenvalue weighted by atomic mass is 9.99. The van der Waals surface area contributed by atoms with Gasteiger partial charge >= 0.3 is 0 Å². The van der Waals surface area contributed by atoms with Crippen LogP contribution in [0.25, 0.3) is 21.8 Å². The Morgan fingerprint density at radius 3 is 1.92 bits per heavy atom. The number of pyridine rings is 2. The zero-order chi connectivity index (χ0) is 34.8. The highest BCUT2D eigenvalue weighted by atomic mass is 35.5. The van der Waals surface area contributed by atoms with E-state index in [1.54, 1.807) is 42.6 Å². The van der Waals surface area contributed by atoms with Crippen LogP contribution in [0.4, 0.5) is 0 Å². The molecule has 0 bridgehead atoms. The number of aromatic amines is 1. The number of para-hydroxylation sites is 2. The molecular formula is C39H31ClN4O4S. The summed E-state index contributed by atoms with van der Waals surface area (Å²) >= 11 is 7.26. The second-order valence-corrected chi connectivity index (χ2v) is 13.2. The molecule has 1 N–H and O–H groups in total. The Bertz CT molecular complexity index is 2530. The molecule has 0 saturated heterocycles. The maximum absolute atomic E-state index is 13.1. The van der Waals surface area contributed by atoms with Crippen LogP contribution in [-0.4, -0.2) is 30.7 Å². The SMILES string of the molecule is Cc1ccc(C(=O)c2c[nH]c3ccccc3c2=O)cc1C.Cc1ccc(C(=O)c2cn(Cc3nnsc3Cl)c3ccccc3c2=O)cc1C. The van der Waals surface area contributed by atoms with Crippen LogP contribution < -0.4 is 10.9 Å². The van der Waals surface area contributed by atoms with Gasteiger partial charge in [-0.2, -0.15) is 0 Å². The first-order chi connectivity index (χ1) is 23.5. The van der Waals surface area contributed by atoms with Crippen LogP contribution >= 0.6 is 23.1 Å². The number of aromatic nitrogens is 4. The predicted molar refractivity (Wildman–Crippen MR) is 195 cm³/mol. The second kappa shape index (κ2) is 13.9. The van der Waals surface area contributed by atoms with Crippen LogP contribution in [0.5, 0.6) is 0 Å². The molecule has 49 heavy (non-hydrogen) atoms. The summed E-state index contributed by atoms with van der Waals surface area (Å²) in [6.45, 7) is 8.20. The Morgan fingerprint density at radius 2 is 1.31 bits per heavy atom. The third kappa shape index (κ3) is 6.76. The number of aryl methyl sites for hydroxylation is 4. The van der Waals surface area contributed by atoms with E-state index in [0.29, 0.717) is 44.0 Å². The topological polar surface area (TPSA) is 115 Å². The molecule has 0 saturated carbocycles. The number of halogens is 1. The lowest BCUT2D eigenvalue weighted by Gasteiger charge is -2.12. The smallest absolute Gasteiger partial charge is 0.200 e. The molecule has 0 unspecified atom stereocenters. The first-order valence-corrected chi connectivity index (χ1v) is 16.6. The van der Waals surface area contributed by atoms with Gasteiger partial charge in [-0.1, -0.05) is 64.6 Å². The van der Waals surface area contributed by atoms with Crippen molar-refractivity contribution in [3.8, 4) is 0 Å². The van der Waals surface area contributed by atoms with E-state index in [-0.39, 0.29) is 33.6 Å². The fourth-order valence-corrected chi connectivity index (χ4v) is 6.11. The van der Waals surface area contributed by atoms with E-state index in [0.717, 1.165) is 39.3 Å². The molecule has 0 aliphatic heterocycles. The minimum absolute atomic E-state index is 0.126. The van der Waals surface area contributed by atoms with Crippen molar-refractivity contribution in [3.05, 3.63) is 172 Å². The van der Waals surface area contributed by atoms with Crippen molar-refractivity contribution >= 4 is 56.5 Å². The summed E-state index contributed by atoms with van der Waals surface area (Å²) < 4.78 is 6.17. The van der Waals surface area contributed by atoms with E-state index in [2.05, 4.69) is 14.6 Å². The van der Waals surface area contributed by atoms with Crippen LogP contribution in [0.1, 0.15) is 59.8 Å². The van der Waals surface area contributed by atoms with Crippen LogP contribution in [0.3, 0.4) is 0 Å². The van der Waals surface area contributed by atoms with E-state index in [9.17, 15) is 19.2 Å². The Labute approximate surface area is 290 Å². The number of carbonyl (C=O) groups is 2. The van der Waals surface area contributed by atoms with E-state index >= 15 is 0 Å². The standard InChI is InChI=1S/C21H16ClN3O2S.C18H15NO2/c1-12-7-8-14(9-13(12)2)19(26)16-10-25(11-17-21(22)28-24-23-17)18-6-4-3-5-15(18)20(16)27;1-11-7-8-13(9-12(11)2)17(20)15-10-19-16-6-4-3-5-14(16)18(15)21/h3-10H,11H2,1-2H3;3-10H,1-2H3,(H,19,21). The zero-order valence-corrected chi connectivity index (χ0v) is 28.8. The molecule has 7 aromatic rings. The van der Waals surface area contributed by atoms with Crippen molar-refractivity contribution in [2.75, 3.05) is 0 Å². The Balaban J connectivity index is 0.000000177. The maximum atomic E-state index is 13.1. The highest BCUT2D eigenvalue weighted by Gasteiger charge is 2.19. The lowest BCUT2D eigenvalue weighted by molar-refractivity contribution is 0.102. The molecule has 7 rings (SSSR count). The first-order valence-electron chi connectivity index (χ1n) is 15.5. The van der Waals surface area contributed by atoms with Gasteiger partial charge in [0, 0.05) is 51.3 Å². The molecule has 244 valence electrons. The normalized spacial score (nSPS) is 11.0. The number of H-pyrrole nitrogens is 1. The minimum atomic E-state index is -0.296. The monoisotopic (exact) mass is 686 g/mol. The molecule has 10 heteroatoms. The van der Waals surface area contributed by atoms with Gasteiger partial charge in [-0.15, -0.1) is 5.10 Å². The number of nitrogens with one attached hydrogen (secondary N) is 1. The summed E-state index contributed by atoms with van der Waals surface area (Å²) in [6.07, 6.45) is 3.10. The second-order valence-electron chi connectivity index (χ2n) is 11.8. The van der Waals surface area contributed by atoms with Crippen molar-refractivity contribution in [1.82, 2.24) is 19.1 Å². The summed E-state index contributed by atoms with van der Waals surface area (Å²) in [4.78, 5) is 54.2. The number of nitrogens with zero attached hydrogens (tertiary/aromatic N) is 3. The van der Waals surface area contributed by atoms with Gasteiger partial charge in [0.15, 0.2) is 11.6 Å². The highest BCUT2D eigenvalue weighted by molar-refractivity contribution is 7.10. The minimum Gasteiger partial charge on any atom is -0.360 e. The average Bonchev–Trinajstić information content (AvgIpc) is 3.52. The van der Waals surface area contributed by atoms with Crippen LogP contribution in [0.15, 0.2) is 107 Å². The number of hydrogen-bond acceptors (Lipinski definition) is 7. The third-order valence-electron chi connectivity index (χ3n) is 8.63. The fourth-order valence-electron chi connectivity index (χ4n) is 5.50. The van der Waals surface area contributed by atoms with Crippen molar-refractivity contribution < 1.29 is 9.59 Å². The maximum Gasteiger partial charge on any atom is 0.200 e. The molecule has 4 aromatic carbocycles. The number of carbonyl (C=O) groups excluding carboxylic acids is 2. The van der Waals surface area contributed by atoms with Crippen LogP contribution in [-0.2, 0) is 6.54 Å². The molecule has 0 fully saturated rings. The number of benzene rings is 4. The number of rotatable bonds is 6. The summed E-state index contributed by atoms with van der Waals surface area (Å²) in [5.41, 5.74) is 7.15. The molecule has 3 aromatic heterocycles. The summed E-state index contributed by atoms with van der Waals surface area (Å²) in [7, 11) is 0. The molecule has 0 amide bonds. The Hall–Kier alpha value is -5.51. The summed E-state index contributed by atoms with van der Waals surface area (Å²) in [5, 5.41) is 5.06. The molecule has 0 spiro atoms. The molecule has 3 heterocycles. The Morgan fingerprint density at radius 1 is 0.735 bits per heavy atom. The van der Waals surface area contributed by atoms with Gasteiger partial charge in [0.1, 0.15) is 10.0 Å². The van der Waals surface area contributed by atoms with Crippen molar-refractivity contribution in [2.24, 2.45) is 0 Å². The van der Waals surface area contributed by atoms with Gasteiger partial charge in [0.25, 0.3) is 0 Å². The fraction of sp³-hybridized carbons (Fsp3) is 0.128. The Kier molecular flexibility index (Phi) is 9.49. The number of hydrogen-bond donors (Lipinski definition) is 1. The van der Waals surface area contributed by atoms with Crippen LogP contribution in [0.2, 0.25) is 4.34 Å². The summed E-state index contributed by atoms with van der Waals surface area (Å²) in [5.74, 6) is -0.541. The lowest BCUT2D eigenvalue weighted by Crippen LogP contribution is -2.20. The molecular weight excluding hydrogens is 656 g/mol. The molecule has 0 atom stereocenters. The van der Waals surface area contributed by atoms with E-state index in [4.69, 9.17) is 11.6 Å². The van der Waals surface area contributed by atoms with Gasteiger partial charge in [0.2, 0.25) is 10.9 Å². The first kappa shape index (κ1) is 33.4. The third-order valence-corrected chi connectivity index (χ3v) is 9.62. The zero-order valence-electron chi connectivity index (χ0n) is 27.2. The van der Waals surface area contributed by atoms with E-state index in [1.165, 1.54) is 6.20 Å². The largest absolute Gasteiger partial charge is 0.360 e. The quantitative estimate of drug-likeness (QED) is 0.179. The molecule has 0 aliphatic carbocycles. The van der Waals surface area contributed by atoms with Gasteiger partial charge < -0.3 is 9.55 Å². The van der Waals surface area contributed by atoms with Gasteiger partial charge in [0.05, 0.1) is 23.2 Å². The number of fused-ring (bicyclic) bond motifs is 2. The van der Waals surface area contributed by atoms with Gasteiger partial charge in [-0.3, -0.25) is 19.2 Å². The van der Waals surface area contributed by atoms with Crippen molar-refractivity contribution in [2.45, 2.75) is 34.2 Å². The van der Waals surface area contributed by atoms with E-state index in [1.807, 2.05) is 80.8 Å². The predicted octanol–water partition coefficient (Wildman–Crippen LogP) is 7.78. The highest BCUT2D eigenvalue weighted by Crippen LogP contribution is 2.22. The molecule has 8 nitrogen and oxygen atoms in total. The van der Waals surface area contributed by atoms with E-state index < -0.39 is 0 Å². The average molecular weight is 687 g/mol.